The van der Waals surface area contributed by atoms with Crippen LogP contribution in [0.5, 0.6) is 0 Å². The largest absolute Gasteiger partial charge is 0.332 e. The third-order valence-electron chi connectivity index (χ3n) is 2.66. The highest BCUT2D eigenvalue weighted by Gasteiger charge is 2.22. The molecule has 2 rings (SSSR count). The Morgan fingerprint density at radius 2 is 1.76 bits per heavy atom. The second-order valence-corrected chi connectivity index (χ2v) is 7.65. The Bertz CT molecular complexity index is 856. The van der Waals surface area contributed by atoms with Crippen LogP contribution in [0.2, 0.25) is 0 Å². The molecule has 0 fully saturated rings. The van der Waals surface area contributed by atoms with Gasteiger partial charge in [0.2, 0.25) is 10.0 Å². The lowest BCUT2D eigenvalue weighted by molar-refractivity contribution is 0.588. The molecule has 0 unspecified atom stereocenters. The number of hydrogen-bond acceptors (Lipinski definition) is 5. The van der Waals surface area contributed by atoms with Crippen molar-refractivity contribution in [3.63, 3.8) is 0 Å². The lowest BCUT2D eigenvalue weighted by Crippen LogP contribution is -2.22. The second-order valence-electron chi connectivity index (χ2n) is 4.14. The number of imidazole rings is 1. The molecule has 0 aliphatic heterocycles. The van der Waals surface area contributed by atoms with E-state index in [0.717, 1.165) is 6.20 Å². The van der Waals surface area contributed by atoms with Gasteiger partial charge in [-0.2, -0.15) is 8.42 Å². The van der Waals surface area contributed by atoms with Gasteiger partial charge in [0.15, 0.2) is 5.03 Å². The molecule has 0 atom stereocenters. The van der Waals surface area contributed by atoms with Gasteiger partial charge in [-0.25, -0.2) is 18.1 Å². The first-order valence-corrected chi connectivity index (χ1v) is 8.80. The molecule has 10 heteroatoms. The molecular formula is C11H14N4O4S2. The van der Waals surface area contributed by atoms with Crippen molar-refractivity contribution in [1.29, 1.82) is 0 Å². The average Bonchev–Trinajstić information content (AvgIpc) is 2.86. The quantitative estimate of drug-likeness (QED) is 0.734. The van der Waals surface area contributed by atoms with Crippen LogP contribution in [0, 0.1) is 6.92 Å². The number of aromatic amines is 1. The minimum absolute atomic E-state index is 0.0425. The summed E-state index contributed by atoms with van der Waals surface area (Å²) in [4.78, 5) is 6.23. The van der Waals surface area contributed by atoms with E-state index in [9.17, 15) is 16.8 Å². The molecule has 0 aliphatic carbocycles. The first-order chi connectivity index (χ1) is 9.76. The van der Waals surface area contributed by atoms with Crippen LogP contribution in [0.15, 0.2) is 40.4 Å². The van der Waals surface area contributed by atoms with Crippen molar-refractivity contribution in [2.75, 3.05) is 11.8 Å². The van der Waals surface area contributed by atoms with Crippen molar-refractivity contribution in [3.8, 4) is 0 Å². The fourth-order valence-electron chi connectivity index (χ4n) is 1.63. The van der Waals surface area contributed by atoms with Gasteiger partial charge in [0.05, 0.1) is 11.9 Å². The van der Waals surface area contributed by atoms with Crippen molar-refractivity contribution in [1.82, 2.24) is 14.7 Å². The number of H-pyrrole nitrogens is 1. The van der Waals surface area contributed by atoms with Crippen LogP contribution in [0.1, 0.15) is 5.82 Å². The Labute approximate surface area is 122 Å². The van der Waals surface area contributed by atoms with Crippen LogP contribution in [-0.2, 0) is 20.0 Å². The van der Waals surface area contributed by atoms with E-state index in [0.29, 0.717) is 5.82 Å². The van der Waals surface area contributed by atoms with E-state index >= 15 is 0 Å². The Kier molecular flexibility index (Phi) is 4.03. The minimum Gasteiger partial charge on any atom is -0.332 e. The first kappa shape index (κ1) is 15.5. The number of aromatic nitrogens is 2. The highest BCUT2D eigenvalue weighted by atomic mass is 32.2. The molecule has 3 N–H and O–H groups in total. The Morgan fingerprint density at radius 3 is 2.33 bits per heavy atom. The number of sulfonamides is 2. The van der Waals surface area contributed by atoms with E-state index in [2.05, 4.69) is 19.4 Å². The molecule has 0 saturated carbocycles. The Hall–Kier alpha value is -1.91. The molecule has 114 valence electrons. The third kappa shape index (κ3) is 3.23. The highest BCUT2D eigenvalue weighted by Crippen LogP contribution is 2.23. The van der Waals surface area contributed by atoms with Crippen LogP contribution in [-0.4, -0.2) is 33.9 Å². The number of nitrogens with zero attached hydrogens (tertiary/aromatic N) is 1. The highest BCUT2D eigenvalue weighted by molar-refractivity contribution is 7.93. The number of hydrogen-bond donors (Lipinski definition) is 3. The van der Waals surface area contributed by atoms with Crippen molar-refractivity contribution in [3.05, 3.63) is 36.3 Å². The molecule has 0 radical (unpaired) electrons. The molecular weight excluding hydrogens is 316 g/mol. The summed E-state index contributed by atoms with van der Waals surface area (Å²) in [5.41, 5.74) is -0.0425. The standard InChI is InChI=1S/C11H14N4O4S2/c1-8-13-7-11(14-8)21(18,19)15-9-5-3-4-6-10(9)20(16,17)12-2/h3-7,12,15H,1-2H3,(H,13,14). The van der Waals surface area contributed by atoms with Gasteiger partial charge in [-0.05, 0) is 26.1 Å². The van der Waals surface area contributed by atoms with Gasteiger partial charge in [0, 0.05) is 0 Å². The summed E-state index contributed by atoms with van der Waals surface area (Å²) in [6.07, 6.45) is 1.16. The smallest absolute Gasteiger partial charge is 0.279 e. The summed E-state index contributed by atoms with van der Waals surface area (Å²) in [6.45, 7) is 1.61. The lowest BCUT2D eigenvalue weighted by atomic mass is 10.3. The van der Waals surface area contributed by atoms with E-state index in [1.807, 2.05) is 0 Å². The van der Waals surface area contributed by atoms with Crippen molar-refractivity contribution in [2.24, 2.45) is 0 Å². The number of nitrogens with one attached hydrogen (secondary N) is 3. The molecule has 0 saturated heterocycles. The monoisotopic (exact) mass is 330 g/mol. The summed E-state index contributed by atoms with van der Waals surface area (Å²) >= 11 is 0. The predicted molar refractivity (Wildman–Crippen MR) is 76.8 cm³/mol. The maximum absolute atomic E-state index is 12.2. The van der Waals surface area contributed by atoms with Gasteiger partial charge in [-0.15, -0.1) is 0 Å². The van der Waals surface area contributed by atoms with Gasteiger partial charge in [0.25, 0.3) is 10.0 Å². The van der Waals surface area contributed by atoms with Crippen LogP contribution >= 0.6 is 0 Å². The summed E-state index contributed by atoms with van der Waals surface area (Å²) < 4.78 is 52.5. The molecule has 0 bridgehead atoms. The zero-order chi connectivity index (χ0) is 15.7. The zero-order valence-corrected chi connectivity index (χ0v) is 12.9. The maximum Gasteiger partial charge on any atom is 0.279 e. The van der Waals surface area contributed by atoms with Crippen molar-refractivity contribution >= 4 is 25.7 Å². The molecule has 1 heterocycles. The molecule has 2 aromatic rings. The SMILES string of the molecule is CNS(=O)(=O)c1ccccc1NS(=O)(=O)c1cnc(C)[nH]1. The normalized spacial score (nSPS) is 12.3. The van der Waals surface area contributed by atoms with E-state index in [1.54, 1.807) is 6.92 Å². The van der Waals surface area contributed by atoms with Gasteiger partial charge >= 0.3 is 0 Å². The van der Waals surface area contributed by atoms with E-state index in [1.165, 1.54) is 31.3 Å². The fraction of sp³-hybridized carbons (Fsp3) is 0.182. The van der Waals surface area contributed by atoms with E-state index < -0.39 is 20.0 Å². The zero-order valence-electron chi connectivity index (χ0n) is 11.3. The number of rotatable bonds is 5. The average molecular weight is 330 g/mol. The lowest BCUT2D eigenvalue weighted by Gasteiger charge is -2.11. The molecule has 0 spiro atoms. The molecule has 1 aromatic carbocycles. The number of anilines is 1. The number of para-hydroxylation sites is 1. The first-order valence-electron chi connectivity index (χ1n) is 5.83. The molecule has 0 aliphatic rings. The summed E-state index contributed by atoms with van der Waals surface area (Å²) in [6, 6.07) is 5.71. The van der Waals surface area contributed by atoms with E-state index in [-0.39, 0.29) is 15.6 Å². The topological polar surface area (TPSA) is 121 Å². The number of benzene rings is 1. The summed E-state index contributed by atoms with van der Waals surface area (Å²) in [7, 11) is -6.48. The third-order valence-corrected chi connectivity index (χ3v) is 5.41. The predicted octanol–water partition coefficient (Wildman–Crippen LogP) is 0.427. The van der Waals surface area contributed by atoms with Gasteiger partial charge in [0.1, 0.15) is 10.7 Å². The molecule has 21 heavy (non-hydrogen) atoms. The fourth-order valence-corrected chi connectivity index (χ4v) is 3.63. The second kappa shape index (κ2) is 5.47. The van der Waals surface area contributed by atoms with Crippen molar-refractivity contribution in [2.45, 2.75) is 16.8 Å². The number of aryl methyl sites for hydroxylation is 1. The van der Waals surface area contributed by atoms with Gasteiger partial charge in [-0.1, -0.05) is 12.1 Å². The van der Waals surface area contributed by atoms with E-state index in [4.69, 9.17) is 0 Å². The minimum atomic E-state index is -3.94. The van der Waals surface area contributed by atoms with Crippen LogP contribution in [0.4, 0.5) is 5.69 Å². The summed E-state index contributed by atoms with van der Waals surface area (Å²) in [5, 5.41) is -0.142. The molecule has 1 aromatic heterocycles. The summed E-state index contributed by atoms with van der Waals surface area (Å²) in [5.74, 6) is 0.437. The Morgan fingerprint density at radius 1 is 1.10 bits per heavy atom. The van der Waals surface area contributed by atoms with Gasteiger partial charge in [-0.3, -0.25) is 4.72 Å². The van der Waals surface area contributed by atoms with Crippen LogP contribution < -0.4 is 9.44 Å². The molecule has 0 amide bonds. The van der Waals surface area contributed by atoms with Crippen LogP contribution in [0.3, 0.4) is 0 Å². The van der Waals surface area contributed by atoms with Crippen molar-refractivity contribution < 1.29 is 16.8 Å². The van der Waals surface area contributed by atoms with Crippen LogP contribution in [0.25, 0.3) is 0 Å². The maximum atomic E-state index is 12.2. The van der Waals surface area contributed by atoms with Gasteiger partial charge < -0.3 is 4.98 Å². The Balaban J connectivity index is 2.46. The molecule has 8 nitrogen and oxygen atoms in total.